The lowest BCUT2D eigenvalue weighted by molar-refractivity contribution is -0.121. The number of benzene rings is 2. The highest BCUT2D eigenvalue weighted by molar-refractivity contribution is 7.18. The lowest BCUT2D eigenvalue weighted by Gasteiger charge is -2.31. The molecule has 3 aromatic rings. The van der Waals surface area contributed by atoms with E-state index in [1.165, 1.54) is 0 Å². The molecule has 0 spiro atoms. The Balaban J connectivity index is 1.67. The molecule has 0 aliphatic carbocycles. The first-order chi connectivity index (χ1) is 12.6. The molecule has 2 aliphatic heterocycles. The van der Waals surface area contributed by atoms with Crippen molar-refractivity contribution in [1.29, 1.82) is 0 Å². The van der Waals surface area contributed by atoms with E-state index in [4.69, 9.17) is 9.72 Å². The van der Waals surface area contributed by atoms with Gasteiger partial charge in [-0.1, -0.05) is 12.1 Å². The van der Waals surface area contributed by atoms with E-state index in [-0.39, 0.29) is 24.3 Å². The molecule has 1 unspecified atom stereocenters. The lowest BCUT2D eigenvalue weighted by Crippen LogP contribution is -2.36. The molecule has 2 aliphatic rings. The van der Waals surface area contributed by atoms with Crippen molar-refractivity contribution in [3.05, 3.63) is 47.0 Å². The number of hydrogen-bond donors (Lipinski definition) is 1. The van der Waals surface area contributed by atoms with Crippen molar-refractivity contribution in [2.75, 3.05) is 23.9 Å². The molecule has 0 fully saturated rings. The first-order valence-electron chi connectivity index (χ1n) is 8.33. The normalized spacial score (nSPS) is 19.0. The fourth-order valence-corrected chi connectivity index (χ4v) is 4.57. The van der Waals surface area contributed by atoms with Gasteiger partial charge in [0.2, 0.25) is 5.91 Å². The van der Waals surface area contributed by atoms with Crippen LogP contribution < -0.4 is 15.0 Å². The quantitative estimate of drug-likeness (QED) is 0.719. The number of anilines is 2. The van der Waals surface area contributed by atoms with E-state index in [9.17, 15) is 9.59 Å². The molecule has 1 N–H and O–H groups in total. The van der Waals surface area contributed by atoms with Crippen molar-refractivity contribution in [2.45, 2.75) is 12.3 Å². The predicted molar refractivity (Wildman–Crippen MR) is 100 cm³/mol. The minimum Gasteiger partial charge on any atom is -0.481 e. The first-order valence-corrected chi connectivity index (χ1v) is 9.14. The Morgan fingerprint density at radius 1 is 1.27 bits per heavy atom. The summed E-state index contributed by atoms with van der Waals surface area (Å²) in [6.07, 6.45) is 0.337. The third-order valence-electron chi connectivity index (χ3n) is 4.87. The molecule has 130 valence electrons. The van der Waals surface area contributed by atoms with E-state index < -0.39 is 0 Å². The van der Waals surface area contributed by atoms with Gasteiger partial charge >= 0.3 is 0 Å². The maximum absolute atomic E-state index is 12.3. The highest BCUT2D eigenvalue weighted by Crippen LogP contribution is 2.45. The predicted octanol–water partition coefficient (Wildman–Crippen LogP) is 3.13. The maximum Gasteiger partial charge on any atom is 0.264 e. The molecule has 0 radical (unpaired) electrons. The number of thiazole rings is 1. The van der Waals surface area contributed by atoms with Crippen LogP contribution in [0.25, 0.3) is 10.2 Å². The van der Waals surface area contributed by atoms with Crippen molar-refractivity contribution in [3.8, 4) is 5.75 Å². The average molecular weight is 365 g/mol. The lowest BCUT2D eigenvalue weighted by atomic mass is 9.90. The van der Waals surface area contributed by atoms with Crippen molar-refractivity contribution in [3.63, 3.8) is 0 Å². The van der Waals surface area contributed by atoms with Crippen LogP contribution in [0.3, 0.4) is 0 Å². The topological polar surface area (TPSA) is 71.5 Å². The number of aromatic nitrogens is 1. The van der Waals surface area contributed by atoms with Crippen LogP contribution in [0, 0.1) is 0 Å². The molecule has 1 atom stereocenters. The molecule has 2 aromatic carbocycles. The highest BCUT2D eigenvalue weighted by atomic mass is 32.1. The molecule has 0 saturated heterocycles. The highest BCUT2D eigenvalue weighted by Gasteiger charge is 2.32. The molecule has 5 rings (SSSR count). The van der Waals surface area contributed by atoms with Gasteiger partial charge in [0.15, 0.2) is 6.61 Å². The van der Waals surface area contributed by atoms with E-state index in [0.717, 1.165) is 32.2 Å². The molecule has 7 heteroatoms. The number of rotatable bonds is 1. The Hall–Kier alpha value is -2.93. The van der Waals surface area contributed by atoms with Gasteiger partial charge < -0.3 is 15.0 Å². The Bertz CT molecular complexity index is 1040. The number of ether oxygens (including phenoxy) is 1. The van der Waals surface area contributed by atoms with Gasteiger partial charge in [-0.15, -0.1) is 11.3 Å². The smallest absolute Gasteiger partial charge is 0.264 e. The summed E-state index contributed by atoms with van der Waals surface area (Å²) in [4.78, 5) is 30.6. The minimum atomic E-state index is -0.133. The van der Waals surface area contributed by atoms with Crippen LogP contribution >= 0.6 is 11.3 Å². The molecule has 2 amide bonds. The second-order valence-electron chi connectivity index (χ2n) is 6.47. The summed E-state index contributed by atoms with van der Waals surface area (Å²) >= 11 is 1.61. The summed E-state index contributed by atoms with van der Waals surface area (Å²) in [7, 11) is 1.74. The third kappa shape index (κ3) is 2.28. The zero-order valence-electron chi connectivity index (χ0n) is 14.0. The van der Waals surface area contributed by atoms with Crippen molar-refractivity contribution in [1.82, 2.24) is 4.98 Å². The van der Waals surface area contributed by atoms with E-state index in [2.05, 4.69) is 5.32 Å². The third-order valence-corrected chi connectivity index (χ3v) is 6.02. The number of carbonyl (C=O) groups excluding carboxylic acids is 2. The zero-order valence-corrected chi connectivity index (χ0v) is 14.8. The van der Waals surface area contributed by atoms with Gasteiger partial charge in [-0.2, -0.15) is 0 Å². The number of carbonyl (C=O) groups is 2. The van der Waals surface area contributed by atoms with Crippen LogP contribution in [0.1, 0.15) is 22.9 Å². The maximum atomic E-state index is 12.3. The standard InChI is InChI=1S/C19H15N3O3S/c1-22-14-6-10-11(19-21-12-4-2-3-5-16(12)26-19)7-17(23)20-13(10)8-15(14)25-9-18(22)24/h2-6,8,11H,7,9H2,1H3,(H,20,23). The van der Waals surface area contributed by atoms with Crippen LogP contribution in [-0.4, -0.2) is 30.5 Å². The van der Waals surface area contributed by atoms with Crippen molar-refractivity contribution >= 4 is 44.7 Å². The summed E-state index contributed by atoms with van der Waals surface area (Å²) in [6, 6.07) is 11.7. The largest absolute Gasteiger partial charge is 0.481 e. The molecule has 3 heterocycles. The Morgan fingerprint density at radius 2 is 2.12 bits per heavy atom. The molecule has 0 bridgehead atoms. The fourth-order valence-electron chi connectivity index (χ4n) is 3.49. The van der Waals surface area contributed by atoms with Crippen LogP contribution in [0.4, 0.5) is 11.4 Å². The number of para-hydroxylation sites is 1. The minimum absolute atomic E-state index is 0.0114. The Kier molecular flexibility index (Phi) is 3.27. The molecular formula is C19H15N3O3S. The van der Waals surface area contributed by atoms with Gasteiger partial charge in [-0.25, -0.2) is 4.98 Å². The zero-order chi connectivity index (χ0) is 17.8. The van der Waals surface area contributed by atoms with Crippen LogP contribution in [-0.2, 0) is 9.59 Å². The van der Waals surface area contributed by atoms with E-state index in [1.54, 1.807) is 23.3 Å². The molecule has 0 saturated carbocycles. The SMILES string of the molecule is CN1C(=O)COc2cc3c(cc21)C(c1nc2ccccc2s1)CC(=O)N3. The van der Waals surface area contributed by atoms with Gasteiger partial charge in [0, 0.05) is 31.1 Å². The van der Waals surface area contributed by atoms with Crippen molar-refractivity contribution in [2.24, 2.45) is 0 Å². The van der Waals surface area contributed by atoms with Gasteiger partial charge in [0.25, 0.3) is 5.91 Å². The average Bonchev–Trinajstić information content (AvgIpc) is 3.07. The second-order valence-corrected chi connectivity index (χ2v) is 7.54. The Labute approximate surface area is 153 Å². The van der Waals surface area contributed by atoms with Crippen LogP contribution in [0.15, 0.2) is 36.4 Å². The van der Waals surface area contributed by atoms with Gasteiger partial charge in [0.1, 0.15) is 10.8 Å². The molecule has 6 nitrogen and oxygen atoms in total. The number of fused-ring (bicyclic) bond motifs is 3. The molecular weight excluding hydrogens is 350 g/mol. The summed E-state index contributed by atoms with van der Waals surface area (Å²) in [5, 5.41) is 3.83. The van der Waals surface area contributed by atoms with Gasteiger partial charge in [-0.05, 0) is 23.8 Å². The number of likely N-dealkylation sites (N-methyl/N-ethyl adjacent to an activating group) is 1. The Morgan fingerprint density at radius 3 is 2.96 bits per heavy atom. The number of amides is 2. The fraction of sp³-hybridized carbons (Fsp3) is 0.211. The number of nitrogens with zero attached hydrogens (tertiary/aromatic N) is 2. The van der Waals surface area contributed by atoms with Gasteiger partial charge in [0.05, 0.1) is 15.9 Å². The van der Waals surface area contributed by atoms with E-state index in [1.807, 2.05) is 36.4 Å². The summed E-state index contributed by atoms with van der Waals surface area (Å²) in [5.74, 6) is 0.346. The number of hydrogen-bond acceptors (Lipinski definition) is 5. The van der Waals surface area contributed by atoms with E-state index >= 15 is 0 Å². The second kappa shape index (κ2) is 5.54. The van der Waals surface area contributed by atoms with Crippen molar-refractivity contribution < 1.29 is 14.3 Å². The molecule has 26 heavy (non-hydrogen) atoms. The van der Waals surface area contributed by atoms with E-state index in [0.29, 0.717) is 12.2 Å². The molecule has 1 aromatic heterocycles. The number of nitrogens with one attached hydrogen (secondary N) is 1. The monoisotopic (exact) mass is 365 g/mol. The summed E-state index contributed by atoms with van der Waals surface area (Å²) in [5.41, 5.74) is 3.36. The summed E-state index contributed by atoms with van der Waals surface area (Å²) < 4.78 is 6.64. The van der Waals surface area contributed by atoms with Crippen LogP contribution in [0.5, 0.6) is 5.75 Å². The summed E-state index contributed by atoms with van der Waals surface area (Å²) in [6.45, 7) is 0.0114. The first kappa shape index (κ1) is 15.3. The van der Waals surface area contributed by atoms with Crippen LogP contribution in [0.2, 0.25) is 0 Å². The van der Waals surface area contributed by atoms with Gasteiger partial charge in [-0.3, -0.25) is 9.59 Å².